The molecule has 0 N–H and O–H groups in total. The Labute approximate surface area is 142 Å². The second kappa shape index (κ2) is 5.59. The van der Waals surface area contributed by atoms with Crippen LogP contribution < -0.4 is 9.64 Å². The van der Waals surface area contributed by atoms with E-state index in [4.69, 9.17) is 16.3 Å². The molecule has 2 heterocycles. The second-order valence-electron chi connectivity index (χ2n) is 6.15. The summed E-state index contributed by atoms with van der Waals surface area (Å²) in [4.78, 5) is 2.12. The lowest BCUT2D eigenvalue weighted by molar-refractivity contribution is -0.142. The molecule has 2 aromatic carbocycles. The summed E-state index contributed by atoms with van der Waals surface area (Å²) in [6.07, 6.45) is -2.29. The number of para-hydroxylation sites is 1. The number of hydrogen-bond acceptors (Lipinski definition) is 2. The molecule has 2 aromatic rings. The van der Waals surface area contributed by atoms with Crippen molar-refractivity contribution in [1.82, 2.24) is 0 Å². The van der Waals surface area contributed by atoms with Gasteiger partial charge in [0.1, 0.15) is 17.4 Å². The van der Waals surface area contributed by atoms with Crippen molar-refractivity contribution in [3.8, 4) is 11.5 Å². The van der Waals surface area contributed by atoms with Crippen molar-refractivity contribution in [2.45, 2.75) is 24.9 Å². The zero-order chi connectivity index (χ0) is 16.9. The SMILES string of the molecule is FC(F)(F)C1c2ccccc2Oc2cc(N3CCCC3)cc(Cl)c21. The Morgan fingerprint density at radius 2 is 1.75 bits per heavy atom. The molecule has 0 aliphatic carbocycles. The van der Waals surface area contributed by atoms with Crippen LogP contribution in [0.3, 0.4) is 0 Å². The first kappa shape index (κ1) is 15.6. The third kappa shape index (κ3) is 2.51. The fourth-order valence-electron chi connectivity index (χ4n) is 3.53. The summed E-state index contributed by atoms with van der Waals surface area (Å²) in [5.74, 6) is -1.33. The Morgan fingerprint density at radius 1 is 1.04 bits per heavy atom. The van der Waals surface area contributed by atoms with E-state index in [0.717, 1.165) is 31.6 Å². The molecule has 2 aliphatic rings. The molecule has 0 radical (unpaired) electrons. The maximum Gasteiger partial charge on any atom is 0.400 e. The maximum absolute atomic E-state index is 13.8. The molecule has 1 saturated heterocycles. The normalized spacial score (nSPS) is 19.7. The summed E-state index contributed by atoms with van der Waals surface area (Å²) in [6, 6.07) is 9.57. The average molecular weight is 354 g/mol. The Bertz CT molecular complexity index is 784. The van der Waals surface area contributed by atoms with E-state index in [1.165, 1.54) is 6.07 Å². The van der Waals surface area contributed by atoms with Crippen molar-refractivity contribution < 1.29 is 17.9 Å². The minimum Gasteiger partial charge on any atom is -0.457 e. The standard InChI is InChI=1S/C18H15ClF3NO/c19-13-9-11(23-7-3-4-8-23)10-15-16(13)17(18(20,21)22)12-5-1-2-6-14(12)24-15/h1-2,5-6,9-10,17H,3-4,7-8H2. The highest BCUT2D eigenvalue weighted by Crippen LogP contribution is 2.54. The van der Waals surface area contributed by atoms with Crippen LogP contribution in [-0.4, -0.2) is 19.3 Å². The van der Waals surface area contributed by atoms with Crippen LogP contribution in [0, 0.1) is 0 Å². The average Bonchev–Trinajstić information content (AvgIpc) is 3.06. The van der Waals surface area contributed by atoms with E-state index in [1.807, 2.05) is 0 Å². The van der Waals surface area contributed by atoms with E-state index in [-0.39, 0.29) is 27.6 Å². The molecule has 1 atom stereocenters. The van der Waals surface area contributed by atoms with Crippen molar-refractivity contribution >= 4 is 17.3 Å². The van der Waals surface area contributed by atoms with E-state index in [1.54, 1.807) is 30.3 Å². The lowest BCUT2D eigenvalue weighted by Crippen LogP contribution is -2.26. The van der Waals surface area contributed by atoms with Crippen LogP contribution in [0.25, 0.3) is 0 Å². The molecule has 24 heavy (non-hydrogen) atoms. The predicted molar refractivity (Wildman–Crippen MR) is 87.3 cm³/mol. The quantitative estimate of drug-likeness (QED) is 0.648. The van der Waals surface area contributed by atoms with Gasteiger partial charge in [-0.3, -0.25) is 0 Å². The summed E-state index contributed by atoms with van der Waals surface area (Å²) in [6.45, 7) is 1.77. The number of hydrogen-bond donors (Lipinski definition) is 0. The fraction of sp³-hybridized carbons (Fsp3) is 0.333. The zero-order valence-corrected chi connectivity index (χ0v) is 13.5. The summed E-state index contributed by atoms with van der Waals surface area (Å²) in [7, 11) is 0. The third-order valence-corrected chi connectivity index (χ3v) is 4.93. The van der Waals surface area contributed by atoms with Crippen LogP contribution in [-0.2, 0) is 0 Å². The van der Waals surface area contributed by atoms with Gasteiger partial charge >= 0.3 is 6.18 Å². The first-order chi connectivity index (χ1) is 11.4. The van der Waals surface area contributed by atoms with Crippen molar-refractivity contribution in [2.75, 3.05) is 18.0 Å². The molecule has 0 spiro atoms. The molecule has 1 unspecified atom stereocenters. The van der Waals surface area contributed by atoms with Crippen LogP contribution in [0.1, 0.15) is 29.9 Å². The first-order valence-corrected chi connectivity index (χ1v) is 8.25. The topological polar surface area (TPSA) is 12.5 Å². The lowest BCUT2D eigenvalue weighted by atomic mass is 9.87. The van der Waals surface area contributed by atoms with Gasteiger partial charge in [0, 0.05) is 36.0 Å². The molecule has 6 heteroatoms. The molecule has 2 aliphatic heterocycles. The van der Waals surface area contributed by atoms with Crippen LogP contribution in [0.5, 0.6) is 11.5 Å². The van der Waals surface area contributed by atoms with Crippen molar-refractivity contribution in [3.05, 3.63) is 52.5 Å². The summed E-state index contributed by atoms with van der Waals surface area (Å²) >= 11 is 6.29. The van der Waals surface area contributed by atoms with Crippen molar-refractivity contribution in [1.29, 1.82) is 0 Å². The van der Waals surface area contributed by atoms with E-state index < -0.39 is 12.1 Å². The first-order valence-electron chi connectivity index (χ1n) is 7.87. The minimum atomic E-state index is -4.44. The number of anilines is 1. The number of fused-ring (bicyclic) bond motifs is 2. The zero-order valence-electron chi connectivity index (χ0n) is 12.7. The number of rotatable bonds is 1. The van der Waals surface area contributed by atoms with Gasteiger partial charge in [0.05, 0.1) is 5.02 Å². The Kier molecular flexibility index (Phi) is 3.64. The van der Waals surface area contributed by atoms with E-state index in [2.05, 4.69) is 4.90 Å². The maximum atomic E-state index is 13.8. The van der Waals surface area contributed by atoms with Crippen LogP contribution in [0.4, 0.5) is 18.9 Å². The third-order valence-electron chi connectivity index (χ3n) is 4.61. The molecule has 0 amide bonds. The summed E-state index contributed by atoms with van der Waals surface area (Å²) in [5, 5.41) is 0.103. The number of alkyl halides is 3. The molecule has 0 saturated carbocycles. The number of nitrogens with zero attached hydrogens (tertiary/aromatic N) is 1. The van der Waals surface area contributed by atoms with Crippen molar-refractivity contribution in [3.63, 3.8) is 0 Å². The highest BCUT2D eigenvalue weighted by molar-refractivity contribution is 6.32. The van der Waals surface area contributed by atoms with Crippen LogP contribution >= 0.6 is 11.6 Å². The summed E-state index contributed by atoms with van der Waals surface area (Å²) in [5.41, 5.74) is 0.927. The Balaban J connectivity index is 1.88. The molecule has 2 nitrogen and oxygen atoms in total. The lowest BCUT2D eigenvalue weighted by Gasteiger charge is -2.31. The minimum absolute atomic E-state index is 0.00538. The molecule has 126 valence electrons. The molecule has 1 fully saturated rings. The highest BCUT2D eigenvalue weighted by Gasteiger charge is 2.48. The monoisotopic (exact) mass is 353 g/mol. The van der Waals surface area contributed by atoms with E-state index in [0.29, 0.717) is 0 Å². The van der Waals surface area contributed by atoms with Crippen LogP contribution in [0.15, 0.2) is 36.4 Å². The fourth-order valence-corrected chi connectivity index (χ4v) is 3.84. The largest absolute Gasteiger partial charge is 0.457 e. The van der Waals surface area contributed by atoms with Gasteiger partial charge in [0.25, 0.3) is 0 Å². The van der Waals surface area contributed by atoms with E-state index >= 15 is 0 Å². The van der Waals surface area contributed by atoms with Gasteiger partial charge in [-0.05, 0) is 25.0 Å². The molecule has 0 aromatic heterocycles. The smallest absolute Gasteiger partial charge is 0.400 e. The van der Waals surface area contributed by atoms with Gasteiger partial charge in [-0.15, -0.1) is 0 Å². The van der Waals surface area contributed by atoms with E-state index in [9.17, 15) is 13.2 Å². The predicted octanol–water partition coefficient (Wildman–Crippen LogP) is 5.74. The van der Waals surface area contributed by atoms with Gasteiger partial charge in [-0.2, -0.15) is 13.2 Å². The molecular weight excluding hydrogens is 339 g/mol. The Hall–Kier alpha value is -1.88. The van der Waals surface area contributed by atoms with Crippen molar-refractivity contribution in [2.24, 2.45) is 0 Å². The molecule has 0 bridgehead atoms. The van der Waals surface area contributed by atoms with Gasteiger partial charge in [0.2, 0.25) is 0 Å². The van der Waals surface area contributed by atoms with Gasteiger partial charge in [0.15, 0.2) is 0 Å². The van der Waals surface area contributed by atoms with Gasteiger partial charge < -0.3 is 9.64 Å². The number of ether oxygens (including phenoxy) is 1. The molecule has 4 rings (SSSR count). The number of halogens is 4. The van der Waals surface area contributed by atoms with Crippen LogP contribution in [0.2, 0.25) is 5.02 Å². The molecular formula is C18H15ClF3NO. The second-order valence-corrected chi connectivity index (χ2v) is 6.56. The van der Waals surface area contributed by atoms with Gasteiger partial charge in [-0.1, -0.05) is 29.8 Å². The summed E-state index contributed by atoms with van der Waals surface area (Å²) < 4.78 is 47.0. The Morgan fingerprint density at radius 3 is 2.46 bits per heavy atom. The number of benzene rings is 2. The van der Waals surface area contributed by atoms with Gasteiger partial charge in [-0.25, -0.2) is 0 Å². The highest BCUT2D eigenvalue weighted by atomic mass is 35.5.